The Hall–Kier alpha value is -1.42. The molecule has 0 saturated carbocycles. The largest absolute Gasteiger partial charge is 0.404 e. The van der Waals surface area contributed by atoms with Gasteiger partial charge >= 0.3 is 6.18 Å². The molecule has 1 heterocycles. The SMILES string of the molecule is FC(F)(F)C1C=Cc2cc3ccccc3cc2S1. The Morgan fingerprint density at radius 2 is 1.67 bits per heavy atom. The molecule has 4 heteroatoms. The molecule has 0 bridgehead atoms. The molecule has 1 aliphatic heterocycles. The zero-order valence-corrected chi connectivity index (χ0v) is 10.1. The summed E-state index contributed by atoms with van der Waals surface area (Å²) in [5.74, 6) is 0. The lowest BCUT2D eigenvalue weighted by Gasteiger charge is -2.21. The Labute approximate surface area is 106 Å². The highest BCUT2D eigenvalue weighted by molar-refractivity contribution is 8.00. The van der Waals surface area contributed by atoms with Crippen LogP contribution in [0.2, 0.25) is 0 Å². The van der Waals surface area contributed by atoms with Crippen LogP contribution in [0.1, 0.15) is 5.56 Å². The van der Waals surface area contributed by atoms with E-state index in [9.17, 15) is 13.2 Å². The average molecular weight is 266 g/mol. The fourth-order valence-corrected chi connectivity index (χ4v) is 3.03. The summed E-state index contributed by atoms with van der Waals surface area (Å²) < 4.78 is 38.0. The van der Waals surface area contributed by atoms with Crippen molar-refractivity contribution in [3.8, 4) is 0 Å². The summed E-state index contributed by atoms with van der Waals surface area (Å²) in [4.78, 5) is 0.693. The van der Waals surface area contributed by atoms with Gasteiger partial charge in [0.05, 0.1) is 0 Å². The summed E-state index contributed by atoms with van der Waals surface area (Å²) in [6, 6.07) is 11.5. The molecule has 0 aromatic heterocycles. The minimum absolute atomic E-state index is 0.693. The van der Waals surface area contributed by atoms with E-state index in [1.807, 2.05) is 36.4 Å². The number of hydrogen-bond acceptors (Lipinski definition) is 1. The van der Waals surface area contributed by atoms with Crippen molar-refractivity contribution in [2.45, 2.75) is 16.3 Å². The lowest BCUT2D eigenvalue weighted by molar-refractivity contribution is -0.119. The number of thioether (sulfide) groups is 1. The first-order valence-electron chi connectivity index (χ1n) is 5.48. The van der Waals surface area contributed by atoms with Crippen molar-refractivity contribution < 1.29 is 13.2 Å². The number of fused-ring (bicyclic) bond motifs is 2. The van der Waals surface area contributed by atoms with Gasteiger partial charge in [-0.05, 0) is 28.5 Å². The number of alkyl halides is 3. The highest BCUT2D eigenvalue weighted by Crippen LogP contribution is 2.42. The molecular formula is C14H9F3S. The zero-order valence-electron chi connectivity index (χ0n) is 9.24. The molecule has 1 aliphatic rings. The highest BCUT2D eigenvalue weighted by Gasteiger charge is 2.40. The van der Waals surface area contributed by atoms with Crippen molar-refractivity contribution in [2.24, 2.45) is 0 Å². The first kappa shape index (κ1) is 11.7. The van der Waals surface area contributed by atoms with Gasteiger partial charge in [-0.3, -0.25) is 0 Å². The molecule has 2 aromatic rings. The van der Waals surface area contributed by atoms with E-state index in [-0.39, 0.29) is 0 Å². The third-order valence-electron chi connectivity index (χ3n) is 2.91. The smallest absolute Gasteiger partial charge is 0.169 e. The van der Waals surface area contributed by atoms with Crippen LogP contribution in [0.5, 0.6) is 0 Å². The molecule has 0 amide bonds. The second kappa shape index (κ2) is 4.05. The number of benzene rings is 2. The maximum atomic E-state index is 12.7. The minimum Gasteiger partial charge on any atom is -0.169 e. The third kappa shape index (κ3) is 2.01. The van der Waals surface area contributed by atoms with Crippen LogP contribution in [-0.2, 0) is 0 Å². The highest BCUT2D eigenvalue weighted by atomic mass is 32.2. The fourth-order valence-electron chi connectivity index (χ4n) is 2.01. The van der Waals surface area contributed by atoms with Gasteiger partial charge in [-0.2, -0.15) is 13.2 Å². The van der Waals surface area contributed by atoms with E-state index in [1.54, 1.807) is 6.08 Å². The van der Waals surface area contributed by atoms with E-state index >= 15 is 0 Å². The van der Waals surface area contributed by atoms with Crippen LogP contribution in [0, 0.1) is 0 Å². The Kier molecular flexibility index (Phi) is 2.63. The van der Waals surface area contributed by atoms with E-state index < -0.39 is 11.4 Å². The molecule has 0 saturated heterocycles. The van der Waals surface area contributed by atoms with Crippen LogP contribution in [0.4, 0.5) is 13.2 Å². The molecule has 92 valence electrons. The van der Waals surface area contributed by atoms with E-state index in [2.05, 4.69) is 0 Å². The molecule has 0 N–H and O–H groups in total. The van der Waals surface area contributed by atoms with Crippen LogP contribution in [-0.4, -0.2) is 11.4 Å². The van der Waals surface area contributed by atoms with E-state index in [0.29, 0.717) is 4.90 Å². The Morgan fingerprint density at radius 3 is 2.33 bits per heavy atom. The molecule has 1 unspecified atom stereocenters. The fraction of sp³-hybridized carbons (Fsp3) is 0.143. The average Bonchev–Trinajstić information content (AvgIpc) is 2.34. The molecule has 0 fully saturated rings. The lowest BCUT2D eigenvalue weighted by atomic mass is 10.1. The summed E-state index contributed by atoms with van der Waals surface area (Å²) in [6.07, 6.45) is -1.40. The van der Waals surface area contributed by atoms with E-state index in [1.165, 1.54) is 6.08 Å². The van der Waals surface area contributed by atoms with Crippen LogP contribution in [0.15, 0.2) is 47.4 Å². The monoisotopic (exact) mass is 266 g/mol. The topological polar surface area (TPSA) is 0 Å². The van der Waals surface area contributed by atoms with Gasteiger partial charge in [0.2, 0.25) is 0 Å². The molecule has 18 heavy (non-hydrogen) atoms. The molecule has 0 aliphatic carbocycles. The van der Waals surface area contributed by atoms with Gasteiger partial charge in [0.15, 0.2) is 0 Å². The van der Waals surface area contributed by atoms with Crippen molar-refractivity contribution in [2.75, 3.05) is 0 Å². The van der Waals surface area contributed by atoms with Crippen LogP contribution < -0.4 is 0 Å². The molecule has 0 spiro atoms. The van der Waals surface area contributed by atoms with E-state index in [0.717, 1.165) is 28.1 Å². The summed E-state index contributed by atoms with van der Waals surface area (Å²) in [5.41, 5.74) is 0.860. The molecule has 0 radical (unpaired) electrons. The number of hydrogen-bond donors (Lipinski definition) is 0. The lowest BCUT2D eigenvalue weighted by Crippen LogP contribution is -2.24. The summed E-state index contributed by atoms with van der Waals surface area (Å²) in [7, 11) is 0. The number of rotatable bonds is 0. The predicted molar refractivity (Wildman–Crippen MR) is 68.7 cm³/mol. The number of halogens is 3. The maximum Gasteiger partial charge on any atom is 0.404 e. The second-order valence-corrected chi connectivity index (χ2v) is 5.36. The van der Waals surface area contributed by atoms with Crippen molar-refractivity contribution in [3.63, 3.8) is 0 Å². The van der Waals surface area contributed by atoms with Gasteiger partial charge in [-0.1, -0.05) is 36.4 Å². The van der Waals surface area contributed by atoms with E-state index in [4.69, 9.17) is 0 Å². The zero-order chi connectivity index (χ0) is 12.8. The van der Waals surface area contributed by atoms with Crippen LogP contribution in [0.25, 0.3) is 16.8 Å². The summed E-state index contributed by atoms with van der Waals surface area (Å²) >= 11 is 0.867. The second-order valence-electron chi connectivity index (χ2n) is 4.18. The van der Waals surface area contributed by atoms with Gasteiger partial charge in [-0.15, -0.1) is 11.8 Å². The quantitative estimate of drug-likeness (QED) is 0.654. The van der Waals surface area contributed by atoms with Gasteiger partial charge in [0, 0.05) is 4.90 Å². The van der Waals surface area contributed by atoms with Crippen molar-refractivity contribution >= 4 is 28.6 Å². The maximum absolute atomic E-state index is 12.7. The van der Waals surface area contributed by atoms with Crippen molar-refractivity contribution in [1.29, 1.82) is 0 Å². The van der Waals surface area contributed by atoms with Gasteiger partial charge in [0.25, 0.3) is 0 Å². The van der Waals surface area contributed by atoms with Crippen molar-refractivity contribution in [1.82, 2.24) is 0 Å². The first-order chi connectivity index (χ1) is 8.54. The third-order valence-corrected chi connectivity index (χ3v) is 4.19. The Balaban J connectivity index is 2.08. The molecule has 0 nitrogen and oxygen atoms in total. The molecular weight excluding hydrogens is 257 g/mol. The summed E-state index contributed by atoms with van der Waals surface area (Å²) in [6.45, 7) is 0. The van der Waals surface area contributed by atoms with Crippen molar-refractivity contribution in [3.05, 3.63) is 48.0 Å². The predicted octanol–water partition coefficient (Wildman–Crippen LogP) is 4.89. The minimum atomic E-state index is -4.19. The Morgan fingerprint density at radius 1 is 1.00 bits per heavy atom. The standard InChI is InChI=1S/C14H9F3S/c15-14(16,17)13-6-5-11-7-9-3-1-2-4-10(9)8-12(11)18-13/h1-8,13H. The molecule has 1 atom stereocenters. The van der Waals surface area contributed by atoms with Gasteiger partial charge < -0.3 is 0 Å². The normalized spacial score (nSPS) is 18.9. The van der Waals surface area contributed by atoms with Gasteiger partial charge in [0.1, 0.15) is 5.25 Å². The van der Waals surface area contributed by atoms with Crippen LogP contribution in [0.3, 0.4) is 0 Å². The summed E-state index contributed by atoms with van der Waals surface area (Å²) in [5, 5.41) is 0.582. The first-order valence-corrected chi connectivity index (χ1v) is 6.36. The Bertz CT molecular complexity index is 628. The molecule has 3 rings (SSSR count). The van der Waals surface area contributed by atoms with Crippen LogP contribution >= 0.6 is 11.8 Å². The van der Waals surface area contributed by atoms with Gasteiger partial charge in [-0.25, -0.2) is 0 Å². The molecule has 2 aromatic carbocycles.